The van der Waals surface area contributed by atoms with E-state index in [9.17, 15) is 13.2 Å². The lowest BCUT2D eigenvalue weighted by atomic mass is 9.99. The molecule has 1 N–H and O–H groups in total. The number of carbonyl (C=O) groups excluding carboxylic acids is 1. The zero-order valence-electron chi connectivity index (χ0n) is 17.8. The van der Waals surface area contributed by atoms with E-state index < -0.39 is 15.9 Å². The summed E-state index contributed by atoms with van der Waals surface area (Å²) in [6.07, 6.45) is 3.49. The molecule has 0 aliphatic heterocycles. The van der Waals surface area contributed by atoms with Crippen LogP contribution in [0.15, 0.2) is 53.4 Å². The highest BCUT2D eigenvalue weighted by Crippen LogP contribution is 2.40. The summed E-state index contributed by atoms with van der Waals surface area (Å²) in [7, 11) is -2.07. The van der Waals surface area contributed by atoms with Crippen LogP contribution < -0.4 is 4.72 Å². The Morgan fingerprint density at radius 1 is 1.13 bits per heavy atom. The number of rotatable bonds is 6. The SMILES string of the molecule is [C-]#[N+]c1c(-c2ccc(-c3ccccc3SC)cc2)c(C(=O)NS(C)(=O)=O)n(C)c1CC. The van der Waals surface area contributed by atoms with Crippen molar-refractivity contribution in [3.63, 3.8) is 0 Å². The van der Waals surface area contributed by atoms with E-state index in [1.807, 2.05) is 60.4 Å². The smallest absolute Gasteiger partial charge is 0.280 e. The molecule has 0 spiro atoms. The van der Waals surface area contributed by atoms with Gasteiger partial charge >= 0.3 is 0 Å². The lowest BCUT2D eigenvalue weighted by molar-refractivity contribution is 0.0974. The number of carbonyl (C=O) groups is 1. The minimum atomic E-state index is -3.75. The molecule has 2 aromatic carbocycles. The van der Waals surface area contributed by atoms with Gasteiger partial charge in [-0.3, -0.25) is 4.79 Å². The van der Waals surface area contributed by atoms with Gasteiger partial charge in [-0.15, -0.1) is 11.8 Å². The highest BCUT2D eigenvalue weighted by atomic mass is 32.2. The molecule has 0 aliphatic rings. The molecule has 0 bridgehead atoms. The number of benzene rings is 2. The molecule has 1 amide bonds. The van der Waals surface area contributed by atoms with Crippen molar-refractivity contribution in [3.8, 4) is 22.3 Å². The van der Waals surface area contributed by atoms with E-state index in [4.69, 9.17) is 6.57 Å². The van der Waals surface area contributed by atoms with Crippen molar-refractivity contribution < 1.29 is 13.2 Å². The monoisotopic (exact) mass is 453 g/mol. The summed E-state index contributed by atoms with van der Waals surface area (Å²) >= 11 is 1.66. The lowest BCUT2D eigenvalue weighted by Gasteiger charge is -2.11. The first-order valence-corrected chi connectivity index (χ1v) is 12.7. The van der Waals surface area contributed by atoms with E-state index in [1.165, 1.54) is 0 Å². The molecule has 1 heterocycles. The second-order valence-electron chi connectivity index (χ2n) is 7.02. The molecule has 3 aromatic rings. The maximum Gasteiger partial charge on any atom is 0.280 e. The van der Waals surface area contributed by atoms with Gasteiger partial charge in [-0.05, 0) is 35.4 Å². The topological polar surface area (TPSA) is 72.5 Å². The van der Waals surface area contributed by atoms with Crippen LogP contribution in [0.1, 0.15) is 23.1 Å². The van der Waals surface area contributed by atoms with E-state index >= 15 is 0 Å². The number of aromatic nitrogens is 1. The van der Waals surface area contributed by atoms with Gasteiger partial charge in [-0.2, -0.15) is 0 Å². The Balaban J connectivity index is 2.18. The van der Waals surface area contributed by atoms with Crippen LogP contribution in [0.2, 0.25) is 0 Å². The normalized spacial score (nSPS) is 11.2. The van der Waals surface area contributed by atoms with Gasteiger partial charge in [0.1, 0.15) is 5.69 Å². The summed E-state index contributed by atoms with van der Waals surface area (Å²) in [4.78, 5) is 17.7. The van der Waals surface area contributed by atoms with E-state index in [1.54, 1.807) is 23.4 Å². The molecule has 0 unspecified atom stereocenters. The first-order chi connectivity index (χ1) is 14.7. The zero-order valence-corrected chi connectivity index (χ0v) is 19.4. The first kappa shape index (κ1) is 22.7. The van der Waals surface area contributed by atoms with Crippen molar-refractivity contribution in [1.82, 2.24) is 9.29 Å². The van der Waals surface area contributed by atoms with Gasteiger partial charge in [0.15, 0.2) is 0 Å². The standard InChI is InChI=1S/C23H23N3O3S2/c1-6-18-21(24-2)20(22(26(18)3)23(27)25-31(5,28)29)16-13-11-15(12-14-16)17-9-7-8-10-19(17)30-4/h7-14H,6H2,1,3-5H3,(H,25,27). The van der Waals surface area contributed by atoms with E-state index in [0.29, 0.717) is 28.9 Å². The molecule has 1 aromatic heterocycles. The molecule has 0 fully saturated rings. The fourth-order valence-electron chi connectivity index (χ4n) is 3.70. The maximum absolute atomic E-state index is 12.8. The molecule has 0 saturated heterocycles. The van der Waals surface area contributed by atoms with E-state index in [2.05, 4.69) is 10.9 Å². The summed E-state index contributed by atoms with van der Waals surface area (Å²) in [6, 6.07) is 15.7. The predicted octanol–water partition coefficient (Wildman–Crippen LogP) is 4.88. The summed E-state index contributed by atoms with van der Waals surface area (Å²) in [5.74, 6) is -0.749. The number of amides is 1. The third kappa shape index (κ3) is 4.53. The molecule has 31 heavy (non-hydrogen) atoms. The molecule has 3 rings (SSSR count). The van der Waals surface area contributed by atoms with Gasteiger partial charge in [0.25, 0.3) is 5.91 Å². The molecule has 0 radical (unpaired) electrons. The number of nitrogens with zero attached hydrogens (tertiary/aromatic N) is 2. The first-order valence-electron chi connectivity index (χ1n) is 9.56. The predicted molar refractivity (Wildman–Crippen MR) is 126 cm³/mol. The second kappa shape index (κ2) is 9.00. The maximum atomic E-state index is 12.8. The van der Waals surface area contributed by atoms with Crippen LogP contribution in [0.25, 0.3) is 27.1 Å². The Kier molecular flexibility index (Phi) is 6.58. The van der Waals surface area contributed by atoms with Gasteiger partial charge in [-0.25, -0.2) is 18.0 Å². The van der Waals surface area contributed by atoms with Gasteiger partial charge in [-0.1, -0.05) is 49.4 Å². The van der Waals surface area contributed by atoms with Crippen molar-refractivity contribution in [3.05, 3.63) is 71.3 Å². The molecule has 160 valence electrons. The molecular weight excluding hydrogens is 430 g/mol. The zero-order chi connectivity index (χ0) is 22.8. The highest BCUT2D eigenvalue weighted by molar-refractivity contribution is 7.98. The van der Waals surface area contributed by atoms with Crippen molar-refractivity contribution in [2.24, 2.45) is 7.05 Å². The van der Waals surface area contributed by atoms with Gasteiger partial charge < -0.3 is 4.57 Å². The third-order valence-electron chi connectivity index (χ3n) is 5.02. The highest BCUT2D eigenvalue weighted by Gasteiger charge is 2.27. The molecule has 8 heteroatoms. The fourth-order valence-corrected chi connectivity index (χ4v) is 4.75. The Bertz CT molecular complexity index is 1280. The van der Waals surface area contributed by atoms with Crippen molar-refractivity contribution >= 4 is 33.4 Å². The molecular formula is C23H23N3O3S2. The van der Waals surface area contributed by atoms with E-state index in [-0.39, 0.29) is 5.69 Å². The molecule has 0 atom stereocenters. The Morgan fingerprint density at radius 2 is 1.74 bits per heavy atom. The van der Waals surface area contributed by atoms with Crippen LogP contribution in [0.5, 0.6) is 0 Å². The number of sulfonamides is 1. The van der Waals surface area contributed by atoms with Crippen molar-refractivity contribution in [2.75, 3.05) is 12.5 Å². The van der Waals surface area contributed by atoms with Crippen LogP contribution in [0, 0.1) is 6.57 Å². The second-order valence-corrected chi connectivity index (χ2v) is 9.62. The number of hydrogen-bond donors (Lipinski definition) is 1. The van der Waals surface area contributed by atoms with Crippen LogP contribution in [0.4, 0.5) is 5.69 Å². The summed E-state index contributed by atoms with van der Waals surface area (Å²) < 4.78 is 27.0. The Morgan fingerprint density at radius 3 is 2.29 bits per heavy atom. The van der Waals surface area contributed by atoms with Crippen LogP contribution in [-0.2, 0) is 23.5 Å². The van der Waals surface area contributed by atoms with Crippen molar-refractivity contribution in [2.45, 2.75) is 18.2 Å². The summed E-state index contributed by atoms with van der Waals surface area (Å²) in [5, 5.41) is 0. The quantitative estimate of drug-likeness (QED) is 0.426. The third-order valence-corrected chi connectivity index (χ3v) is 6.37. The minimum Gasteiger partial charge on any atom is -0.354 e. The van der Waals surface area contributed by atoms with Crippen LogP contribution >= 0.6 is 11.8 Å². The van der Waals surface area contributed by atoms with Gasteiger partial charge in [0.2, 0.25) is 15.7 Å². The molecule has 6 nitrogen and oxygen atoms in total. The van der Waals surface area contributed by atoms with Crippen LogP contribution in [0.3, 0.4) is 0 Å². The average molecular weight is 454 g/mol. The number of hydrogen-bond acceptors (Lipinski definition) is 4. The summed E-state index contributed by atoms with van der Waals surface area (Å²) in [6.45, 7) is 9.60. The minimum absolute atomic E-state index is 0.158. The van der Waals surface area contributed by atoms with E-state index in [0.717, 1.165) is 22.3 Å². The number of nitrogens with one attached hydrogen (secondary N) is 1. The van der Waals surface area contributed by atoms with Gasteiger partial charge in [0, 0.05) is 23.2 Å². The van der Waals surface area contributed by atoms with Crippen LogP contribution in [-0.4, -0.2) is 31.4 Å². The number of thioether (sulfide) groups is 1. The van der Waals surface area contributed by atoms with Gasteiger partial charge in [0.05, 0.1) is 12.8 Å². The Hall–Kier alpha value is -3.02. The Labute approximate surface area is 187 Å². The largest absolute Gasteiger partial charge is 0.354 e. The fraction of sp³-hybridized carbons (Fsp3) is 0.217. The molecule has 0 saturated carbocycles. The average Bonchev–Trinajstić information content (AvgIpc) is 3.04. The lowest BCUT2D eigenvalue weighted by Crippen LogP contribution is -2.31. The molecule has 0 aliphatic carbocycles. The summed E-state index contributed by atoms with van der Waals surface area (Å²) in [5.41, 5.74) is 4.45. The van der Waals surface area contributed by atoms with Crippen molar-refractivity contribution in [1.29, 1.82) is 0 Å².